The van der Waals surface area contributed by atoms with Crippen LogP contribution < -0.4 is 0 Å². The van der Waals surface area contributed by atoms with Crippen LogP contribution in [0.3, 0.4) is 0 Å². The number of rotatable bonds is 1. The van der Waals surface area contributed by atoms with Crippen LogP contribution >= 0.6 is 34.2 Å². The molecule has 16 heavy (non-hydrogen) atoms. The monoisotopic (exact) mass is 361 g/mol. The van der Waals surface area contributed by atoms with Crippen molar-refractivity contribution in [3.05, 3.63) is 34.1 Å². The van der Waals surface area contributed by atoms with Gasteiger partial charge in [0, 0.05) is 21.0 Å². The Morgan fingerprint density at radius 2 is 2.06 bits per heavy atom. The summed E-state index contributed by atoms with van der Waals surface area (Å²) in [5, 5.41) is -0.289. The highest BCUT2D eigenvalue weighted by molar-refractivity contribution is 14.1. The summed E-state index contributed by atoms with van der Waals surface area (Å²) in [6, 6.07) is 0. The summed E-state index contributed by atoms with van der Waals surface area (Å²) in [6.45, 7) is 3.36. The first-order valence-corrected chi connectivity index (χ1v) is 5.79. The van der Waals surface area contributed by atoms with Gasteiger partial charge in [0.1, 0.15) is 0 Å². The van der Waals surface area contributed by atoms with E-state index < -0.39 is 11.7 Å². The first kappa shape index (κ1) is 13.8. The predicted molar refractivity (Wildman–Crippen MR) is 66.7 cm³/mol. The molecule has 0 fully saturated rings. The van der Waals surface area contributed by atoms with Crippen LogP contribution in [0.4, 0.5) is 13.2 Å². The highest BCUT2D eigenvalue weighted by Crippen LogP contribution is 2.40. The van der Waals surface area contributed by atoms with Gasteiger partial charge in [-0.1, -0.05) is 17.7 Å². The summed E-state index contributed by atoms with van der Waals surface area (Å²) in [6.07, 6.45) is -2.02. The standard InChI is InChI=1S/C10H8ClF3IN/c1-3-7(15)8-5(2)16-4-6(9(8)11)10(12,13)14/h3-4H,1-2H3/b7-3+. The fourth-order valence-electron chi connectivity index (χ4n) is 1.20. The molecule has 0 saturated carbocycles. The van der Waals surface area contributed by atoms with E-state index in [0.717, 1.165) is 6.20 Å². The quantitative estimate of drug-likeness (QED) is 0.651. The van der Waals surface area contributed by atoms with Gasteiger partial charge in [0.25, 0.3) is 0 Å². The zero-order valence-electron chi connectivity index (χ0n) is 8.49. The van der Waals surface area contributed by atoms with Crippen molar-refractivity contribution >= 4 is 37.8 Å². The van der Waals surface area contributed by atoms with E-state index in [1.807, 2.05) is 22.6 Å². The SMILES string of the molecule is C/C=C(/I)c1c(C)ncc(C(F)(F)F)c1Cl. The van der Waals surface area contributed by atoms with Gasteiger partial charge >= 0.3 is 6.18 Å². The Labute approximate surface area is 110 Å². The molecule has 0 aliphatic heterocycles. The van der Waals surface area contributed by atoms with Crippen LogP contribution in [0.15, 0.2) is 12.3 Å². The van der Waals surface area contributed by atoms with Gasteiger partial charge in [-0.3, -0.25) is 4.98 Å². The molecule has 0 aromatic carbocycles. The molecule has 0 bridgehead atoms. The topological polar surface area (TPSA) is 12.9 Å². The highest BCUT2D eigenvalue weighted by atomic mass is 127. The first-order chi connectivity index (χ1) is 7.29. The second-order valence-corrected chi connectivity index (χ2v) is 4.62. The van der Waals surface area contributed by atoms with Gasteiger partial charge in [-0.25, -0.2) is 0 Å². The molecule has 0 spiro atoms. The maximum atomic E-state index is 12.6. The molecule has 0 N–H and O–H groups in total. The Bertz CT molecular complexity index is 440. The zero-order valence-corrected chi connectivity index (χ0v) is 11.4. The largest absolute Gasteiger partial charge is 0.419 e. The molecule has 1 nitrogen and oxygen atoms in total. The minimum absolute atomic E-state index is 0.289. The van der Waals surface area contributed by atoms with Gasteiger partial charge in [-0.15, -0.1) is 0 Å². The molecule has 0 atom stereocenters. The minimum Gasteiger partial charge on any atom is -0.260 e. The molecular weight excluding hydrogens is 353 g/mol. The molecule has 6 heteroatoms. The second-order valence-electron chi connectivity index (χ2n) is 3.08. The maximum Gasteiger partial charge on any atom is 0.419 e. The van der Waals surface area contributed by atoms with Crippen molar-refractivity contribution in [1.82, 2.24) is 4.98 Å². The van der Waals surface area contributed by atoms with E-state index in [1.165, 1.54) is 0 Å². The molecular formula is C10H8ClF3IN. The normalized spacial score (nSPS) is 13.1. The number of allylic oxidation sites excluding steroid dienone is 1. The number of hydrogen-bond donors (Lipinski definition) is 0. The number of hydrogen-bond acceptors (Lipinski definition) is 1. The highest BCUT2D eigenvalue weighted by Gasteiger charge is 2.35. The van der Waals surface area contributed by atoms with E-state index in [-0.39, 0.29) is 5.02 Å². The second kappa shape index (κ2) is 4.91. The summed E-state index contributed by atoms with van der Waals surface area (Å²) in [7, 11) is 0. The molecule has 0 unspecified atom stereocenters. The van der Waals surface area contributed by atoms with Crippen molar-refractivity contribution < 1.29 is 13.2 Å². The number of halogens is 5. The van der Waals surface area contributed by atoms with Crippen LogP contribution in [0.25, 0.3) is 3.58 Å². The number of aryl methyl sites for hydroxylation is 1. The zero-order chi connectivity index (χ0) is 12.5. The number of nitrogens with zero attached hydrogens (tertiary/aromatic N) is 1. The summed E-state index contributed by atoms with van der Waals surface area (Å²) in [5.41, 5.74) is -0.0640. The minimum atomic E-state index is -4.48. The van der Waals surface area contributed by atoms with Crippen LogP contribution in [-0.4, -0.2) is 4.98 Å². The van der Waals surface area contributed by atoms with Crippen LogP contribution in [0, 0.1) is 6.92 Å². The fraction of sp³-hybridized carbons (Fsp3) is 0.300. The van der Waals surface area contributed by atoms with Crippen molar-refractivity contribution in [3.8, 4) is 0 Å². The third-order valence-electron chi connectivity index (χ3n) is 2.00. The molecule has 0 saturated heterocycles. The van der Waals surface area contributed by atoms with E-state index in [1.54, 1.807) is 19.9 Å². The third-order valence-corrected chi connectivity index (χ3v) is 3.56. The summed E-state index contributed by atoms with van der Waals surface area (Å²) >= 11 is 7.70. The molecule has 1 aromatic heterocycles. The molecule has 0 aliphatic rings. The summed E-state index contributed by atoms with van der Waals surface area (Å²) < 4.78 is 38.4. The van der Waals surface area contributed by atoms with Crippen molar-refractivity contribution in [1.29, 1.82) is 0 Å². The lowest BCUT2D eigenvalue weighted by atomic mass is 10.1. The third kappa shape index (κ3) is 2.68. The molecule has 1 aromatic rings. The van der Waals surface area contributed by atoms with Gasteiger partial charge < -0.3 is 0 Å². The molecule has 1 heterocycles. The Kier molecular flexibility index (Phi) is 4.23. The summed E-state index contributed by atoms with van der Waals surface area (Å²) in [5.74, 6) is 0. The fourth-order valence-corrected chi connectivity index (χ4v) is 2.41. The molecule has 88 valence electrons. The smallest absolute Gasteiger partial charge is 0.260 e. The number of pyridine rings is 1. The lowest BCUT2D eigenvalue weighted by Crippen LogP contribution is -2.08. The number of alkyl halides is 3. The lowest BCUT2D eigenvalue weighted by Gasteiger charge is -2.13. The van der Waals surface area contributed by atoms with Crippen LogP contribution in [-0.2, 0) is 6.18 Å². The maximum absolute atomic E-state index is 12.6. The predicted octanol–water partition coefficient (Wildman–Crippen LogP) is 4.86. The van der Waals surface area contributed by atoms with Gasteiger partial charge in [0.15, 0.2) is 0 Å². The first-order valence-electron chi connectivity index (χ1n) is 4.33. The Morgan fingerprint density at radius 3 is 2.50 bits per heavy atom. The van der Waals surface area contributed by atoms with E-state index in [4.69, 9.17) is 11.6 Å². The average molecular weight is 362 g/mol. The van der Waals surface area contributed by atoms with Gasteiger partial charge in [0.2, 0.25) is 0 Å². The average Bonchev–Trinajstić information content (AvgIpc) is 2.15. The Balaban J connectivity index is 3.51. The molecule has 0 radical (unpaired) electrons. The number of aromatic nitrogens is 1. The van der Waals surface area contributed by atoms with Crippen molar-refractivity contribution in [2.24, 2.45) is 0 Å². The van der Waals surface area contributed by atoms with Crippen molar-refractivity contribution in [2.75, 3.05) is 0 Å². The van der Waals surface area contributed by atoms with Crippen LogP contribution in [0.5, 0.6) is 0 Å². The van der Waals surface area contributed by atoms with Crippen molar-refractivity contribution in [3.63, 3.8) is 0 Å². The lowest BCUT2D eigenvalue weighted by molar-refractivity contribution is -0.137. The summed E-state index contributed by atoms with van der Waals surface area (Å²) in [4.78, 5) is 3.73. The van der Waals surface area contributed by atoms with Gasteiger partial charge in [0.05, 0.1) is 10.6 Å². The molecule has 1 rings (SSSR count). The van der Waals surface area contributed by atoms with Crippen LogP contribution in [0.2, 0.25) is 5.02 Å². The van der Waals surface area contributed by atoms with Crippen LogP contribution in [0.1, 0.15) is 23.7 Å². The van der Waals surface area contributed by atoms with Crippen molar-refractivity contribution in [2.45, 2.75) is 20.0 Å². The van der Waals surface area contributed by atoms with Gasteiger partial charge in [-0.2, -0.15) is 13.2 Å². The van der Waals surface area contributed by atoms with E-state index in [0.29, 0.717) is 14.8 Å². The molecule has 0 amide bonds. The van der Waals surface area contributed by atoms with E-state index >= 15 is 0 Å². The van der Waals surface area contributed by atoms with Gasteiger partial charge in [-0.05, 0) is 36.4 Å². The van der Waals surface area contributed by atoms with E-state index in [9.17, 15) is 13.2 Å². The van der Waals surface area contributed by atoms with E-state index in [2.05, 4.69) is 4.98 Å². The Morgan fingerprint density at radius 1 is 1.50 bits per heavy atom. The Hall–Kier alpha value is -0.300. The molecule has 0 aliphatic carbocycles.